The van der Waals surface area contributed by atoms with Crippen LogP contribution in [0.1, 0.15) is 92.4 Å². The number of hydrogen-bond donors (Lipinski definition) is 6. The summed E-state index contributed by atoms with van der Waals surface area (Å²) in [6.45, 7) is 9.14. The smallest absolute Gasteiger partial charge is 0.140 e. The van der Waals surface area contributed by atoms with E-state index in [0.29, 0.717) is 32.1 Å². The maximum atomic E-state index is 13.9. The molecular formula is C27H44O7. The van der Waals surface area contributed by atoms with Gasteiger partial charge in [0, 0.05) is 11.8 Å². The number of aliphatic hydroxyl groups excluding tert-OH is 2. The first-order valence-electron chi connectivity index (χ1n) is 13.2. The van der Waals surface area contributed by atoms with Gasteiger partial charge in [0.1, 0.15) is 17.0 Å². The summed E-state index contributed by atoms with van der Waals surface area (Å²) in [5.41, 5.74) is -7.60. The van der Waals surface area contributed by atoms with Gasteiger partial charge in [-0.1, -0.05) is 13.8 Å². The van der Waals surface area contributed by atoms with Gasteiger partial charge in [0.2, 0.25) is 0 Å². The Bertz CT molecular complexity index is 896. The highest BCUT2D eigenvalue weighted by atomic mass is 16.4. The van der Waals surface area contributed by atoms with E-state index in [1.807, 2.05) is 6.92 Å². The quantitative estimate of drug-likeness (QED) is 0.352. The van der Waals surface area contributed by atoms with Crippen LogP contribution in [0.25, 0.3) is 0 Å². The van der Waals surface area contributed by atoms with E-state index in [0.717, 1.165) is 6.42 Å². The van der Waals surface area contributed by atoms with Gasteiger partial charge in [-0.25, -0.2) is 0 Å². The minimum absolute atomic E-state index is 0.0469. The number of carbonyl (C=O) groups excluding carboxylic acids is 1. The second-order valence-electron chi connectivity index (χ2n) is 14.1. The fraction of sp³-hybridized carbons (Fsp3) is 0.963. The average Bonchev–Trinajstić information content (AvgIpc) is 3.02. The molecule has 0 radical (unpaired) electrons. The van der Waals surface area contributed by atoms with Gasteiger partial charge in [-0.2, -0.15) is 0 Å². The van der Waals surface area contributed by atoms with Gasteiger partial charge in [-0.15, -0.1) is 0 Å². The van der Waals surface area contributed by atoms with E-state index in [2.05, 4.69) is 6.92 Å². The van der Waals surface area contributed by atoms with E-state index in [9.17, 15) is 35.4 Å². The minimum Gasteiger partial charge on any atom is -0.390 e. The Morgan fingerprint density at radius 2 is 1.68 bits per heavy atom. The molecule has 5 aliphatic carbocycles. The zero-order valence-electron chi connectivity index (χ0n) is 21.3. The molecule has 2 bridgehead atoms. The summed E-state index contributed by atoms with van der Waals surface area (Å²) in [5.74, 6) is -0.479. The summed E-state index contributed by atoms with van der Waals surface area (Å²) in [7, 11) is 0. The van der Waals surface area contributed by atoms with Crippen LogP contribution in [-0.4, -0.2) is 71.0 Å². The van der Waals surface area contributed by atoms with Crippen LogP contribution < -0.4 is 0 Å². The minimum atomic E-state index is -1.59. The molecule has 194 valence electrons. The summed E-state index contributed by atoms with van der Waals surface area (Å²) in [6, 6.07) is 0. The highest BCUT2D eigenvalue weighted by Gasteiger charge is 2.86. The lowest BCUT2D eigenvalue weighted by atomic mass is 9.29. The van der Waals surface area contributed by atoms with Gasteiger partial charge in [0.25, 0.3) is 0 Å². The summed E-state index contributed by atoms with van der Waals surface area (Å²) < 4.78 is 0. The second-order valence-corrected chi connectivity index (χ2v) is 14.1. The average molecular weight is 481 g/mol. The molecule has 7 heteroatoms. The normalized spacial score (nSPS) is 54.5. The van der Waals surface area contributed by atoms with E-state index in [1.165, 1.54) is 0 Å². The van der Waals surface area contributed by atoms with Crippen LogP contribution in [0.4, 0.5) is 0 Å². The standard InChI is InChI=1S/C27H44O7/c1-21(2,31)10-9-18(28)24(5,32)16-6-7-19(29)25-14-27(34)17-12-26(27,33)20(30)13-22(17,3)15(25)8-11-23(16,25)4/h15-18,20,28,30-34H,6-14H2,1-5H3/t15-,16+,17-,18-,20+,22-,23-,24-,25+,26+,27-/m1/s1. The molecule has 0 amide bonds. The van der Waals surface area contributed by atoms with E-state index in [-0.39, 0.29) is 42.8 Å². The Hall–Kier alpha value is -0.570. The molecule has 34 heavy (non-hydrogen) atoms. The number of fused-ring (bicyclic) bond motifs is 3. The number of aliphatic hydroxyl groups is 6. The maximum Gasteiger partial charge on any atom is 0.140 e. The van der Waals surface area contributed by atoms with Gasteiger partial charge in [0.05, 0.1) is 23.4 Å². The van der Waals surface area contributed by atoms with Crippen LogP contribution in [0.3, 0.4) is 0 Å². The van der Waals surface area contributed by atoms with Crippen molar-refractivity contribution in [1.29, 1.82) is 0 Å². The highest BCUT2D eigenvalue weighted by Crippen LogP contribution is 2.82. The molecule has 11 atom stereocenters. The van der Waals surface area contributed by atoms with Crippen molar-refractivity contribution in [1.82, 2.24) is 0 Å². The van der Waals surface area contributed by atoms with Crippen molar-refractivity contribution in [2.24, 2.45) is 34.0 Å². The molecular weight excluding hydrogens is 436 g/mol. The second kappa shape index (κ2) is 6.84. The lowest BCUT2D eigenvalue weighted by Gasteiger charge is -2.78. The largest absolute Gasteiger partial charge is 0.390 e. The third kappa shape index (κ3) is 2.67. The zero-order chi connectivity index (χ0) is 25.3. The number of hydrogen-bond acceptors (Lipinski definition) is 7. The maximum absolute atomic E-state index is 13.9. The molecule has 0 aliphatic heterocycles. The molecule has 0 unspecified atom stereocenters. The number of carbonyl (C=O) groups is 1. The van der Waals surface area contributed by atoms with Crippen LogP contribution in [-0.2, 0) is 4.79 Å². The van der Waals surface area contributed by atoms with Crippen molar-refractivity contribution in [3.05, 3.63) is 0 Å². The molecule has 1 spiro atoms. The lowest BCUT2D eigenvalue weighted by molar-refractivity contribution is -0.396. The van der Waals surface area contributed by atoms with Crippen LogP contribution >= 0.6 is 0 Å². The topological polar surface area (TPSA) is 138 Å². The highest BCUT2D eigenvalue weighted by molar-refractivity contribution is 5.88. The summed E-state index contributed by atoms with van der Waals surface area (Å²) >= 11 is 0. The molecule has 5 rings (SSSR count). The lowest BCUT2D eigenvalue weighted by Crippen LogP contribution is -2.86. The van der Waals surface area contributed by atoms with Crippen LogP contribution in [0, 0.1) is 34.0 Å². The van der Waals surface area contributed by atoms with Gasteiger partial charge in [-0.3, -0.25) is 4.79 Å². The fourth-order valence-corrected chi connectivity index (χ4v) is 10.2. The van der Waals surface area contributed by atoms with Crippen LogP contribution in [0.5, 0.6) is 0 Å². The third-order valence-corrected chi connectivity index (χ3v) is 12.1. The number of Topliss-reactive ketones (excluding diaryl/α,β-unsaturated/α-hetero) is 1. The van der Waals surface area contributed by atoms with Crippen molar-refractivity contribution in [3.8, 4) is 0 Å². The van der Waals surface area contributed by atoms with Crippen molar-refractivity contribution in [2.45, 2.75) is 127 Å². The van der Waals surface area contributed by atoms with E-state index in [1.54, 1.807) is 20.8 Å². The predicted octanol–water partition coefficient (Wildman–Crippen LogP) is 1.69. The molecule has 0 aromatic carbocycles. The van der Waals surface area contributed by atoms with Crippen molar-refractivity contribution < 1.29 is 35.4 Å². The van der Waals surface area contributed by atoms with Crippen molar-refractivity contribution in [3.63, 3.8) is 0 Å². The third-order valence-electron chi connectivity index (χ3n) is 12.1. The van der Waals surface area contributed by atoms with Crippen molar-refractivity contribution >= 4 is 5.78 Å². The molecule has 0 saturated heterocycles. The Morgan fingerprint density at radius 1 is 1.03 bits per heavy atom. The SMILES string of the molecule is CC(C)(O)CC[C@@H](O)[C@](C)(O)[C@H]1CCC(=O)[C@]23C[C@@]4(O)[C@@H]5C[C@]4(O)[C@@H](O)C[C@]5(C)[C@H]2CC[C@]13C. The Morgan fingerprint density at radius 3 is 2.26 bits per heavy atom. The van der Waals surface area contributed by atoms with E-state index in [4.69, 9.17) is 0 Å². The molecule has 0 aromatic heterocycles. The molecule has 7 nitrogen and oxygen atoms in total. The molecule has 5 saturated carbocycles. The van der Waals surface area contributed by atoms with Crippen LogP contribution in [0.2, 0.25) is 0 Å². The first-order chi connectivity index (χ1) is 15.4. The zero-order valence-corrected chi connectivity index (χ0v) is 21.3. The number of ketones is 1. The van der Waals surface area contributed by atoms with Crippen molar-refractivity contribution in [2.75, 3.05) is 0 Å². The van der Waals surface area contributed by atoms with E-state index >= 15 is 0 Å². The summed E-state index contributed by atoms with van der Waals surface area (Å²) in [6.07, 6.45) is 1.51. The fourth-order valence-electron chi connectivity index (χ4n) is 10.2. The summed E-state index contributed by atoms with van der Waals surface area (Å²) in [5, 5.41) is 67.1. The Balaban J connectivity index is 1.56. The molecule has 5 aliphatic rings. The van der Waals surface area contributed by atoms with Crippen LogP contribution in [0.15, 0.2) is 0 Å². The van der Waals surface area contributed by atoms with Gasteiger partial charge in [-0.05, 0) is 101 Å². The summed E-state index contributed by atoms with van der Waals surface area (Å²) in [4.78, 5) is 13.9. The molecule has 6 N–H and O–H groups in total. The van der Waals surface area contributed by atoms with Gasteiger partial charge >= 0.3 is 0 Å². The number of rotatable bonds is 5. The van der Waals surface area contributed by atoms with Gasteiger partial charge < -0.3 is 30.6 Å². The Kier molecular flexibility index (Phi) is 5.05. The van der Waals surface area contributed by atoms with Gasteiger partial charge in [0.15, 0.2) is 0 Å². The Labute approximate surface area is 202 Å². The predicted molar refractivity (Wildman–Crippen MR) is 125 cm³/mol. The van der Waals surface area contributed by atoms with E-state index < -0.39 is 50.9 Å². The first kappa shape index (κ1) is 25.1. The molecule has 0 aromatic rings. The molecule has 0 heterocycles. The first-order valence-corrected chi connectivity index (χ1v) is 13.2. The monoisotopic (exact) mass is 480 g/mol. The molecule has 5 fully saturated rings.